The number of para-hydroxylation sites is 1. The van der Waals surface area contributed by atoms with Gasteiger partial charge in [0.2, 0.25) is 0 Å². The summed E-state index contributed by atoms with van der Waals surface area (Å²) < 4.78 is 12.7. The third kappa shape index (κ3) is 1.57. The van der Waals surface area contributed by atoms with Gasteiger partial charge in [-0.2, -0.15) is 0 Å². The highest BCUT2D eigenvalue weighted by Crippen LogP contribution is 2.66. The van der Waals surface area contributed by atoms with Gasteiger partial charge in [0.05, 0.1) is 5.69 Å². The second kappa shape index (κ2) is 3.69. The molecular weight excluding hydrogens is 237 g/mol. The fourth-order valence-electron chi connectivity index (χ4n) is 1.70. The van der Waals surface area contributed by atoms with Crippen molar-refractivity contribution in [1.29, 1.82) is 0 Å². The zero-order valence-electron chi connectivity index (χ0n) is 8.46. The fraction of sp³-hybridized carbons (Fsp3) is 0. The number of fused-ring (bicyclic) bond motifs is 1. The minimum absolute atomic E-state index is 0.871. The molecule has 0 saturated heterocycles. The lowest BCUT2D eigenvalue weighted by Crippen LogP contribution is -2.04. The van der Waals surface area contributed by atoms with Crippen LogP contribution in [0.5, 0.6) is 0 Å². The van der Waals surface area contributed by atoms with Crippen molar-refractivity contribution in [2.75, 3.05) is 5.09 Å². The van der Waals surface area contributed by atoms with Crippen LogP contribution in [0.1, 0.15) is 0 Å². The predicted molar refractivity (Wildman–Crippen MR) is 69.6 cm³/mol. The maximum absolute atomic E-state index is 12.7. The standard InChI is InChI=1S/C12H10NOPS/c14-15(10-6-2-1-3-7-10)13-11-8-4-5-9-12(11)16-15/h1-9H,(H,13,14). The number of rotatable bonds is 1. The molecule has 2 aromatic carbocycles. The summed E-state index contributed by atoms with van der Waals surface area (Å²) in [5.41, 5.74) is 0.972. The number of benzene rings is 2. The summed E-state index contributed by atoms with van der Waals surface area (Å²) in [7, 11) is 0. The summed E-state index contributed by atoms with van der Waals surface area (Å²) in [6, 6.07) is 17.5. The van der Waals surface area contributed by atoms with Gasteiger partial charge in [-0.15, -0.1) is 0 Å². The monoisotopic (exact) mass is 247 g/mol. The van der Waals surface area contributed by atoms with E-state index in [0.717, 1.165) is 15.9 Å². The molecule has 80 valence electrons. The molecule has 4 heteroatoms. The van der Waals surface area contributed by atoms with Gasteiger partial charge in [-0.3, -0.25) is 4.57 Å². The van der Waals surface area contributed by atoms with E-state index in [1.54, 1.807) is 0 Å². The Labute approximate surface area is 98.3 Å². The van der Waals surface area contributed by atoms with E-state index >= 15 is 0 Å². The molecule has 2 aromatic rings. The first-order valence-electron chi connectivity index (χ1n) is 5.00. The van der Waals surface area contributed by atoms with Crippen LogP contribution in [0.25, 0.3) is 0 Å². The Kier molecular flexibility index (Phi) is 2.31. The topological polar surface area (TPSA) is 29.1 Å². The molecule has 1 unspecified atom stereocenters. The number of anilines is 1. The molecule has 1 aliphatic heterocycles. The van der Waals surface area contributed by atoms with Crippen LogP contribution in [-0.2, 0) is 4.57 Å². The van der Waals surface area contributed by atoms with Crippen molar-refractivity contribution in [3.63, 3.8) is 0 Å². The van der Waals surface area contributed by atoms with E-state index in [1.807, 2.05) is 54.6 Å². The molecule has 0 saturated carbocycles. The Morgan fingerprint density at radius 1 is 0.938 bits per heavy atom. The van der Waals surface area contributed by atoms with E-state index in [2.05, 4.69) is 5.09 Å². The molecule has 0 bridgehead atoms. The molecule has 0 aliphatic carbocycles. The number of hydrogen-bond acceptors (Lipinski definition) is 2. The quantitative estimate of drug-likeness (QED) is 0.779. The molecule has 0 radical (unpaired) electrons. The van der Waals surface area contributed by atoms with Gasteiger partial charge in [0, 0.05) is 10.2 Å². The zero-order chi connectivity index (χ0) is 11.0. The summed E-state index contributed by atoms with van der Waals surface area (Å²) in [6.07, 6.45) is 0. The van der Waals surface area contributed by atoms with Crippen LogP contribution >= 0.6 is 17.9 Å². The van der Waals surface area contributed by atoms with Crippen molar-refractivity contribution >= 4 is 28.9 Å². The van der Waals surface area contributed by atoms with Gasteiger partial charge in [-0.25, -0.2) is 0 Å². The van der Waals surface area contributed by atoms with Gasteiger partial charge in [0.15, 0.2) is 0 Å². The molecule has 0 fully saturated rings. The smallest absolute Gasteiger partial charge is 0.257 e. The van der Waals surface area contributed by atoms with Crippen molar-refractivity contribution in [2.24, 2.45) is 0 Å². The van der Waals surface area contributed by atoms with Crippen molar-refractivity contribution in [3.05, 3.63) is 54.6 Å². The largest absolute Gasteiger partial charge is 0.324 e. The Balaban J connectivity index is 2.04. The summed E-state index contributed by atoms with van der Waals surface area (Å²) in [4.78, 5) is 1.06. The minimum Gasteiger partial charge on any atom is -0.324 e. The van der Waals surface area contributed by atoms with Crippen LogP contribution in [0, 0.1) is 0 Å². The van der Waals surface area contributed by atoms with Gasteiger partial charge in [-0.05, 0) is 35.6 Å². The van der Waals surface area contributed by atoms with Gasteiger partial charge >= 0.3 is 0 Å². The maximum atomic E-state index is 12.7. The zero-order valence-corrected chi connectivity index (χ0v) is 10.2. The van der Waals surface area contributed by atoms with E-state index in [9.17, 15) is 4.57 Å². The fourth-order valence-corrected chi connectivity index (χ4v) is 6.19. The van der Waals surface area contributed by atoms with Gasteiger partial charge in [0.25, 0.3) is 6.49 Å². The lowest BCUT2D eigenvalue weighted by atomic mass is 10.3. The SMILES string of the molecule is O=P1(c2ccccc2)Nc2ccccc2S1. The summed E-state index contributed by atoms with van der Waals surface area (Å²) in [5.74, 6) is 0. The minimum atomic E-state index is -2.54. The van der Waals surface area contributed by atoms with Crippen LogP contribution in [-0.4, -0.2) is 0 Å². The van der Waals surface area contributed by atoms with Crippen molar-refractivity contribution in [3.8, 4) is 0 Å². The average molecular weight is 247 g/mol. The molecular formula is C12H10NOPS. The summed E-state index contributed by atoms with van der Waals surface area (Å²) >= 11 is 1.44. The van der Waals surface area contributed by atoms with Crippen LogP contribution in [0.15, 0.2) is 59.5 Å². The van der Waals surface area contributed by atoms with E-state index in [-0.39, 0.29) is 0 Å². The summed E-state index contributed by atoms with van der Waals surface area (Å²) in [6.45, 7) is -2.54. The Morgan fingerprint density at radius 3 is 2.38 bits per heavy atom. The highest BCUT2D eigenvalue weighted by molar-refractivity contribution is 8.61. The molecule has 1 aliphatic rings. The van der Waals surface area contributed by atoms with Crippen LogP contribution < -0.4 is 10.4 Å². The third-order valence-corrected chi connectivity index (χ3v) is 7.07. The Morgan fingerprint density at radius 2 is 1.62 bits per heavy atom. The molecule has 0 amide bonds. The average Bonchev–Trinajstić information content (AvgIpc) is 2.68. The lowest BCUT2D eigenvalue weighted by Gasteiger charge is -2.10. The number of hydrogen-bond donors (Lipinski definition) is 1. The Bertz CT molecular complexity index is 541. The highest BCUT2D eigenvalue weighted by Gasteiger charge is 2.33. The van der Waals surface area contributed by atoms with Crippen LogP contribution in [0.4, 0.5) is 5.69 Å². The molecule has 0 aromatic heterocycles. The first-order chi connectivity index (χ1) is 7.78. The molecule has 1 heterocycles. The third-order valence-electron chi connectivity index (χ3n) is 2.48. The predicted octanol–water partition coefficient (Wildman–Crippen LogP) is 3.72. The normalized spacial score (nSPS) is 22.5. The van der Waals surface area contributed by atoms with Crippen molar-refractivity contribution in [2.45, 2.75) is 4.90 Å². The van der Waals surface area contributed by atoms with Crippen LogP contribution in [0.3, 0.4) is 0 Å². The van der Waals surface area contributed by atoms with E-state index in [1.165, 1.54) is 11.4 Å². The molecule has 2 nitrogen and oxygen atoms in total. The van der Waals surface area contributed by atoms with Crippen molar-refractivity contribution in [1.82, 2.24) is 0 Å². The molecule has 1 atom stereocenters. The second-order valence-corrected chi connectivity index (χ2v) is 8.14. The van der Waals surface area contributed by atoms with E-state index < -0.39 is 6.49 Å². The van der Waals surface area contributed by atoms with Crippen LogP contribution in [0.2, 0.25) is 0 Å². The van der Waals surface area contributed by atoms with Gasteiger partial charge in [-0.1, -0.05) is 30.3 Å². The van der Waals surface area contributed by atoms with Crippen molar-refractivity contribution < 1.29 is 4.57 Å². The van der Waals surface area contributed by atoms with Gasteiger partial charge < -0.3 is 5.09 Å². The highest BCUT2D eigenvalue weighted by atomic mass is 32.7. The number of nitrogens with one attached hydrogen (secondary N) is 1. The second-order valence-electron chi connectivity index (χ2n) is 3.59. The molecule has 1 N–H and O–H groups in total. The van der Waals surface area contributed by atoms with E-state index in [0.29, 0.717) is 0 Å². The maximum Gasteiger partial charge on any atom is 0.257 e. The lowest BCUT2D eigenvalue weighted by molar-refractivity contribution is 0.593. The first-order valence-corrected chi connectivity index (χ1v) is 8.13. The van der Waals surface area contributed by atoms with Gasteiger partial charge in [0.1, 0.15) is 0 Å². The summed E-state index contributed by atoms with van der Waals surface area (Å²) in [5, 5.41) is 4.02. The van der Waals surface area contributed by atoms with E-state index in [4.69, 9.17) is 0 Å². The first kappa shape index (κ1) is 10.0. The molecule has 3 rings (SSSR count). The Hall–Kier alpha value is -1.18. The molecule has 16 heavy (non-hydrogen) atoms. The molecule has 0 spiro atoms.